The maximum atomic E-state index is 13.5. The van der Waals surface area contributed by atoms with Crippen LogP contribution in [0.1, 0.15) is 47.4 Å². The molecule has 4 heterocycles. The zero-order valence-corrected chi connectivity index (χ0v) is 22.5. The van der Waals surface area contributed by atoms with Crippen LogP contribution in [0.3, 0.4) is 0 Å². The molecule has 1 aliphatic heterocycles. The van der Waals surface area contributed by atoms with Crippen LogP contribution in [0, 0.1) is 20.8 Å². The number of imidazole rings is 1. The fourth-order valence-corrected chi connectivity index (χ4v) is 5.35. The van der Waals surface area contributed by atoms with Crippen molar-refractivity contribution in [3.05, 3.63) is 69.6 Å². The molecular weight excluding hydrogens is 506 g/mol. The number of Topliss-reactive ketones (excluding diaryl/α,β-unsaturated/α-hetero) is 1. The molecule has 1 fully saturated rings. The van der Waals surface area contributed by atoms with Gasteiger partial charge in [-0.1, -0.05) is 23.5 Å². The number of hydrogen-bond donors (Lipinski definition) is 1. The van der Waals surface area contributed by atoms with E-state index in [4.69, 9.17) is 9.47 Å². The molecule has 0 spiro atoms. The summed E-state index contributed by atoms with van der Waals surface area (Å²) < 4.78 is 13.4. The number of nitrogens with zero attached hydrogens (tertiary/aromatic N) is 5. The van der Waals surface area contributed by atoms with E-state index in [1.165, 1.54) is 16.2 Å². The Morgan fingerprint density at radius 1 is 1.05 bits per heavy atom. The number of benzene rings is 1. The maximum Gasteiger partial charge on any atom is 0.301 e. The number of anilines is 1. The molecule has 10 nitrogen and oxygen atoms in total. The van der Waals surface area contributed by atoms with E-state index >= 15 is 0 Å². The summed E-state index contributed by atoms with van der Waals surface area (Å²) in [6.45, 7) is 10.0. The summed E-state index contributed by atoms with van der Waals surface area (Å²) in [5.74, 6) is -0.999. The van der Waals surface area contributed by atoms with Gasteiger partial charge in [0, 0.05) is 6.20 Å². The van der Waals surface area contributed by atoms with Crippen LogP contribution in [0.2, 0.25) is 0 Å². The van der Waals surface area contributed by atoms with Gasteiger partial charge < -0.3 is 19.0 Å². The summed E-state index contributed by atoms with van der Waals surface area (Å²) in [5.41, 5.74) is 2.88. The Bertz CT molecular complexity index is 1600. The zero-order valence-electron chi connectivity index (χ0n) is 21.7. The van der Waals surface area contributed by atoms with E-state index in [2.05, 4.69) is 15.2 Å². The van der Waals surface area contributed by atoms with Crippen LogP contribution < -0.4 is 14.4 Å². The molecular formula is C27H27N5O5S. The summed E-state index contributed by atoms with van der Waals surface area (Å²) in [5, 5.41) is 20.7. The number of aliphatic hydroxyl groups is 1. The second-order valence-corrected chi connectivity index (χ2v) is 9.94. The predicted octanol–water partition coefficient (Wildman–Crippen LogP) is 4.53. The Labute approximate surface area is 223 Å². The number of pyridine rings is 1. The number of amides is 1. The fraction of sp³-hybridized carbons (Fsp3) is 0.296. The number of aliphatic hydroxyl groups excluding tert-OH is 1. The van der Waals surface area contributed by atoms with Crippen LogP contribution in [0.25, 0.3) is 11.4 Å². The van der Waals surface area contributed by atoms with Crippen LogP contribution >= 0.6 is 11.3 Å². The van der Waals surface area contributed by atoms with Crippen molar-refractivity contribution in [2.24, 2.45) is 0 Å². The number of aryl methyl sites for hydroxylation is 3. The molecule has 1 unspecified atom stereocenters. The number of hydrogen-bond acceptors (Lipinski definition) is 9. The summed E-state index contributed by atoms with van der Waals surface area (Å²) in [7, 11) is 0. The number of ether oxygens (including phenoxy) is 2. The minimum absolute atomic E-state index is 0.0846. The number of ketones is 1. The van der Waals surface area contributed by atoms with Gasteiger partial charge >= 0.3 is 5.91 Å². The molecule has 0 aliphatic carbocycles. The van der Waals surface area contributed by atoms with Crippen molar-refractivity contribution in [1.29, 1.82) is 0 Å². The highest BCUT2D eigenvalue weighted by Crippen LogP contribution is 2.45. The molecule has 11 heteroatoms. The predicted molar refractivity (Wildman–Crippen MR) is 143 cm³/mol. The van der Waals surface area contributed by atoms with Crippen LogP contribution in [0.15, 0.2) is 42.1 Å². The number of rotatable bonds is 7. The third-order valence-electron chi connectivity index (χ3n) is 6.36. The second kappa shape index (κ2) is 9.90. The molecule has 196 valence electrons. The van der Waals surface area contributed by atoms with Gasteiger partial charge in [-0.15, -0.1) is 10.2 Å². The first kappa shape index (κ1) is 25.4. The lowest BCUT2D eigenvalue weighted by molar-refractivity contribution is -0.132. The normalized spacial score (nSPS) is 17.0. The van der Waals surface area contributed by atoms with Gasteiger partial charge in [-0.3, -0.25) is 14.5 Å². The molecule has 0 bridgehead atoms. The summed E-state index contributed by atoms with van der Waals surface area (Å²) >= 11 is 1.18. The minimum Gasteiger partial charge on any atom is -0.505 e. The van der Waals surface area contributed by atoms with Crippen molar-refractivity contribution in [2.75, 3.05) is 18.1 Å². The van der Waals surface area contributed by atoms with Gasteiger partial charge in [0.15, 0.2) is 17.3 Å². The highest BCUT2D eigenvalue weighted by atomic mass is 32.1. The van der Waals surface area contributed by atoms with Gasteiger partial charge in [-0.05, 0) is 63.9 Å². The van der Waals surface area contributed by atoms with Crippen molar-refractivity contribution in [3.8, 4) is 11.5 Å². The summed E-state index contributed by atoms with van der Waals surface area (Å²) in [4.78, 5) is 32.9. The Balaban J connectivity index is 1.76. The van der Waals surface area contributed by atoms with Crippen molar-refractivity contribution in [1.82, 2.24) is 19.6 Å². The third-order valence-corrected chi connectivity index (χ3v) is 7.20. The van der Waals surface area contributed by atoms with Crippen molar-refractivity contribution < 1.29 is 24.2 Å². The molecule has 1 saturated heterocycles. The van der Waals surface area contributed by atoms with Gasteiger partial charge in [0.05, 0.1) is 30.5 Å². The number of aromatic nitrogens is 4. The Morgan fingerprint density at radius 2 is 1.79 bits per heavy atom. The Kier molecular flexibility index (Phi) is 6.62. The molecule has 38 heavy (non-hydrogen) atoms. The standard InChI is InChI=1S/C27H27N5O5S/c1-6-36-18-11-10-17(13-19(18)37-7-2)22-20(24(34)26(35)32(22)27-30-29-16(5)38-27)23(33)21-15(4)31-12-8-9-14(3)25(31)28-21/h8-13,22,33H,6-7H2,1-5H3. The van der Waals surface area contributed by atoms with E-state index in [0.717, 1.165) is 5.56 Å². The SMILES string of the molecule is CCOc1ccc(C2C(=C(O)c3nc4c(C)cccn4c3C)C(=O)C(=O)N2c2nnc(C)s2)cc1OCC. The lowest BCUT2D eigenvalue weighted by atomic mass is 9.96. The lowest BCUT2D eigenvalue weighted by Gasteiger charge is -2.23. The average molecular weight is 534 g/mol. The Morgan fingerprint density at radius 3 is 2.45 bits per heavy atom. The number of fused-ring (bicyclic) bond motifs is 1. The quantitative estimate of drug-likeness (QED) is 0.209. The maximum absolute atomic E-state index is 13.5. The van der Waals surface area contributed by atoms with Gasteiger partial charge in [0.25, 0.3) is 5.78 Å². The molecule has 0 saturated carbocycles. The van der Waals surface area contributed by atoms with E-state index in [9.17, 15) is 14.7 Å². The first-order chi connectivity index (χ1) is 18.3. The van der Waals surface area contributed by atoms with E-state index in [1.807, 2.05) is 43.5 Å². The molecule has 1 atom stereocenters. The van der Waals surface area contributed by atoms with E-state index in [-0.39, 0.29) is 22.2 Å². The first-order valence-electron chi connectivity index (χ1n) is 12.2. The van der Waals surface area contributed by atoms with Crippen LogP contribution in [-0.2, 0) is 9.59 Å². The van der Waals surface area contributed by atoms with E-state index in [1.54, 1.807) is 32.0 Å². The fourth-order valence-electron chi connectivity index (χ4n) is 4.64. The summed E-state index contributed by atoms with van der Waals surface area (Å²) in [6, 6.07) is 8.01. The molecule has 3 aromatic heterocycles. The molecule has 1 aromatic carbocycles. The Hall–Kier alpha value is -4.25. The molecule has 1 aliphatic rings. The first-order valence-corrected chi connectivity index (χ1v) is 13.0. The van der Waals surface area contributed by atoms with E-state index < -0.39 is 17.7 Å². The number of carbonyl (C=O) groups excluding carboxylic acids is 2. The highest BCUT2D eigenvalue weighted by molar-refractivity contribution is 7.15. The van der Waals surface area contributed by atoms with Gasteiger partial charge in [-0.2, -0.15) is 0 Å². The smallest absolute Gasteiger partial charge is 0.301 e. The molecule has 0 radical (unpaired) electrons. The van der Waals surface area contributed by atoms with Gasteiger partial charge in [-0.25, -0.2) is 4.98 Å². The largest absolute Gasteiger partial charge is 0.505 e. The molecule has 4 aromatic rings. The van der Waals surface area contributed by atoms with E-state index in [0.29, 0.717) is 46.6 Å². The van der Waals surface area contributed by atoms with Crippen LogP contribution in [0.5, 0.6) is 11.5 Å². The monoisotopic (exact) mass is 533 g/mol. The van der Waals surface area contributed by atoms with Gasteiger partial charge in [0.2, 0.25) is 5.13 Å². The molecule has 1 N–H and O–H groups in total. The van der Waals surface area contributed by atoms with Crippen molar-refractivity contribution >= 4 is 39.6 Å². The zero-order chi connectivity index (χ0) is 27.1. The van der Waals surface area contributed by atoms with Crippen LogP contribution in [-0.4, -0.2) is 49.6 Å². The topological polar surface area (TPSA) is 119 Å². The van der Waals surface area contributed by atoms with Crippen molar-refractivity contribution in [2.45, 2.75) is 40.7 Å². The molecule has 5 rings (SSSR count). The van der Waals surface area contributed by atoms with Crippen molar-refractivity contribution in [3.63, 3.8) is 0 Å². The third kappa shape index (κ3) is 4.08. The average Bonchev–Trinajstić information content (AvgIpc) is 3.55. The minimum atomic E-state index is -0.984. The lowest BCUT2D eigenvalue weighted by Crippen LogP contribution is -2.29. The molecule has 1 amide bonds. The van der Waals surface area contributed by atoms with Gasteiger partial charge in [0.1, 0.15) is 16.3 Å². The highest BCUT2D eigenvalue weighted by Gasteiger charge is 2.49. The number of carbonyl (C=O) groups is 2. The summed E-state index contributed by atoms with van der Waals surface area (Å²) in [6.07, 6.45) is 1.84. The second-order valence-electron chi connectivity index (χ2n) is 8.78. The van der Waals surface area contributed by atoms with Crippen LogP contribution in [0.4, 0.5) is 5.13 Å².